The molecule has 4 nitrogen and oxygen atoms in total. The minimum Gasteiger partial charge on any atom is -0.349 e. The fourth-order valence-electron chi connectivity index (χ4n) is 3.44. The van der Waals surface area contributed by atoms with Crippen LogP contribution < -0.4 is 10.6 Å². The quantitative estimate of drug-likeness (QED) is 0.837. The lowest BCUT2D eigenvalue weighted by atomic mass is 9.89. The van der Waals surface area contributed by atoms with E-state index in [0.717, 1.165) is 24.8 Å². The number of nitrogens with zero attached hydrogens (tertiary/aromatic N) is 1. The van der Waals surface area contributed by atoms with Crippen molar-refractivity contribution in [2.45, 2.75) is 63.3 Å². The molecule has 0 spiro atoms. The standard InChI is InChI=1S/C20H24F3N3O/c1-19(2,20(21,22)23)26-16-9-7-15(8-10-16)25-18(27)14-11-13-5-3-4-6-17(13)24-12-14/h3-6,11-12,15-16,26H,7-10H2,1-2H3,(H,25,27). The van der Waals surface area contributed by atoms with Crippen LogP contribution in [0.15, 0.2) is 36.5 Å². The average Bonchev–Trinajstić information content (AvgIpc) is 2.61. The minimum atomic E-state index is -4.29. The van der Waals surface area contributed by atoms with Crippen molar-refractivity contribution in [1.29, 1.82) is 0 Å². The number of benzene rings is 1. The molecule has 7 heteroatoms. The van der Waals surface area contributed by atoms with Gasteiger partial charge >= 0.3 is 6.18 Å². The van der Waals surface area contributed by atoms with Gasteiger partial charge < -0.3 is 10.6 Å². The highest BCUT2D eigenvalue weighted by molar-refractivity contribution is 5.97. The number of halogens is 3. The average molecular weight is 379 g/mol. The number of amides is 1. The fourth-order valence-corrected chi connectivity index (χ4v) is 3.44. The summed E-state index contributed by atoms with van der Waals surface area (Å²) >= 11 is 0. The van der Waals surface area contributed by atoms with Crippen LogP contribution in [-0.2, 0) is 0 Å². The lowest BCUT2D eigenvalue weighted by Gasteiger charge is -2.37. The van der Waals surface area contributed by atoms with Gasteiger partial charge in [0.2, 0.25) is 0 Å². The molecule has 0 atom stereocenters. The first-order chi connectivity index (χ1) is 12.7. The normalized spacial score (nSPS) is 21.2. The van der Waals surface area contributed by atoms with Crippen LogP contribution in [0.5, 0.6) is 0 Å². The molecule has 2 aromatic rings. The Balaban J connectivity index is 1.54. The first kappa shape index (κ1) is 19.6. The van der Waals surface area contributed by atoms with Crippen LogP contribution in [-0.4, -0.2) is 34.7 Å². The molecule has 1 aromatic carbocycles. The van der Waals surface area contributed by atoms with Gasteiger partial charge in [-0.25, -0.2) is 0 Å². The number of rotatable bonds is 4. The number of para-hydroxylation sites is 1. The second-order valence-electron chi connectivity index (χ2n) is 7.71. The molecule has 1 saturated carbocycles. The summed E-state index contributed by atoms with van der Waals surface area (Å²) < 4.78 is 39.0. The molecular formula is C20H24F3N3O. The molecule has 1 aromatic heterocycles. The molecule has 1 heterocycles. The highest BCUT2D eigenvalue weighted by Crippen LogP contribution is 2.32. The molecule has 1 aliphatic rings. The number of hydrogen-bond acceptors (Lipinski definition) is 3. The molecule has 0 saturated heterocycles. The molecule has 0 radical (unpaired) electrons. The summed E-state index contributed by atoms with van der Waals surface area (Å²) in [5, 5.41) is 6.59. The molecule has 1 fully saturated rings. The first-order valence-electron chi connectivity index (χ1n) is 9.16. The Hall–Kier alpha value is -2.15. The van der Waals surface area contributed by atoms with E-state index in [-0.39, 0.29) is 18.0 Å². The summed E-state index contributed by atoms with van der Waals surface area (Å²) in [6.45, 7) is 2.32. The van der Waals surface area contributed by atoms with Gasteiger partial charge in [-0.15, -0.1) is 0 Å². The van der Waals surface area contributed by atoms with E-state index in [9.17, 15) is 18.0 Å². The van der Waals surface area contributed by atoms with Gasteiger partial charge in [0, 0.05) is 23.7 Å². The van der Waals surface area contributed by atoms with Crippen LogP contribution in [0, 0.1) is 0 Å². The number of carbonyl (C=O) groups excluding carboxylic acids is 1. The van der Waals surface area contributed by atoms with E-state index >= 15 is 0 Å². The maximum atomic E-state index is 13.0. The first-order valence-corrected chi connectivity index (χ1v) is 9.16. The summed E-state index contributed by atoms with van der Waals surface area (Å²) in [5.74, 6) is -0.194. The minimum absolute atomic E-state index is 0.0315. The predicted molar refractivity (Wildman–Crippen MR) is 98.5 cm³/mol. The van der Waals surface area contributed by atoms with E-state index in [1.165, 1.54) is 0 Å². The van der Waals surface area contributed by atoms with Crippen molar-refractivity contribution in [3.63, 3.8) is 0 Å². The third-order valence-corrected chi connectivity index (χ3v) is 5.19. The molecule has 0 aliphatic heterocycles. The van der Waals surface area contributed by atoms with Crippen LogP contribution in [0.1, 0.15) is 49.9 Å². The molecule has 0 bridgehead atoms. The number of pyridine rings is 1. The van der Waals surface area contributed by atoms with Crippen LogP contribution in [0.2, 0.25) is 0 Å². The zero-order chi connectivity index (χ0) is 19.7. The summed E-state index contributed by atoms with van der Waals surface area (Å²) in [5.41, 5.74) is -0.593. The van der Waals surface area contributed by atoms with Crippen LogP contribution in [0.4, 0.5) is 13.2 Å². The maximum Gasteiger partial charge on any atom is 0.406 e. The smallest absolute Gasteiger partial charge is 0.349 e. The maximum absolute atomic E-state index is 13.0. The molecule has 1 amide bonds. The third kappa shape index (κ3) is 4.58. The monoisotopic (exact) mass is 379 g/mol. The predicted octanol–water partition coefficient (Wildman–Crippen LogP) is 4.21. The lowest BCUT2D eigenvalue weighted by Crippen LogP contribution is -2.57. The van der Waals surface area contributed by atoms with Crippen molar-refractivity contribution in [3.05, 3.63) is 42.1 Å². The lowest BCUT2D eigenvalue weighted by molar-refractivity contribution is -0.188. The Morgan fingerprint density at radius 2 is 1.70 bits per heavy atom. The van der Waals surface area contributed by atoms with Crippen LogP contribution in [0.25, 0.3) is 10.9 Å². The molecule has 0 unspecified atom stereocenters. The van der Waals surface area contributed by atoms with Gasteiger partial charge in [-0.2, -0.15) is 13.2 Å². The number of carbonyl (C=O) groups is 1. The third-order valence-electron chi connectivity index (χ3n) is 5.19. The van der Waals surface area contributed by atoms with Crippen LogP contribution >= 0.6 is 0 Å². The summed E-state index contributed by atoms with van der Waals surface area (Å²) in [7, 11) is 0. The van der Waals surface area contributed by atoms with Crippen molar-refractivity contribution < 1.29 is 18.0 Å². The van der Waals surface area contributed by atoms with E-state index in [0.29, 0.717) is 31.2 Å². The number of fused-ring (bicyclic) bond motifs is 1. The van der Waals surface area contributed by atoms with Gasteiger partial charge in [-0.05, 0) is 51.7 Å². The molecule has 146 valence electrons. The molecule has 3 rings (SSSR count). The van der Waals surface area contributed by atoms with Crippen molar-refractivity contribution >= 4 is 16.8 Å². The number of hydrogen-bond donors (Lipinski definition) is 2. The van der Waals surface area contributed by atoms with Gasteiger partial charge in [-0.3, -0.25) is 9.78 Å². The van der Waals surface area contributed by atoms with E-state index in [4.69, 9.17) is 0 Å². The van der Waals surface area contributed by atoms with E-state index in [1.54, 1.807) is 12.3 Å². The van der Waals surface area contributed by atoms with E-state index in [1.807, 2.05) is 24.3 Å². The van der Waals surface area contributed by atoms with Gasteiger partial charge in [0.1, 0.15) is 5.54 Å². The van der Waals surface area contributed by atoms with Crippen molar-refractivity contribution in [1.82, 2.24) is 15.6 Å². The summed E-state index contributed by atoms with van der Waals surface area (Å²) in [4.78, 5) is 16.8. The highest BCUT2D eigenvalue weighted by Gasteiger charge is 2.48. The van der Waals surface area contributed by atoms with Crippen molar-refractivity contribution in [3.8, 4) is 0 Å². The zero-order valence-corrected chi connectivity index (χ0v) is 15.4. The molecule has 27 heavy (non-hydrogen) atoms. The van der Waals surface area contributed by atoms with Crippen molar-refractivity contribution in [2.24, 2.45) is 0 Å². The Morgan fingerprint density at radius 3 is 2.37 bits per heavy atom. The second kappa shape index (κ2) is 7.46. The highest BCUT2D eigenvalue weighted by atomic mass is 19.4. The Kier molecular flexibility index (Phi) is 5.42. The summed E-state index contributed by atoms with van der Waals surface area (Å²) in [6.07, 6.45) is -0.241. The number of alkyl halides is 3. The van der Waals surface area contributed by atoms with Crippen molar-refractivity contribution in [2.75, 3.05) is 0 Å². The topological polar surface area (TPSA) is 54.0 Å². The van der Waals surface area contributed by atoms with Gasteiger partial charge in [0.25, 0.3) is 5.91 Å². The Morgan fingerprint density at radius 1 is 1.07 bits per heavy atom. The second-order valence-corrected chi connectivity index (χ2v) is 7.71. The Bertz CT molecular complexity index is 811. The number of aromatic nitrogens is 1. The summed E-state index contributed by atoms with van der Waals surface area (Å²) in [6, 6.07) is 9.14. The van der Waals surface area contributed by atoms with Gasteiger partial charge in [-0.1, -0.05) is 18.2 Å². The largest absolute Gasteiger partial charge is 0.406 e. The van der Waals surface area contributed by atoms with Gasteiger partial charge in [0.15, 0.2) is 0 Å². The molecule has 2 N–H and O–H groups in total. The fraction of sp³-hybridized carbons (Fsp3) is 0.500. The molecule has 1 aliphatic carbocycles. The van der Waals surface area contributed by atoms with Crippen LogP contribution in [0.3, 0.4) is 0 Å². The van der Waals surface area contributed by atoms with E-state index < -0.39 is 11.7 Å². The molecular weight excluding hydrogens is 355 g/mol. The number of nitrogens with one attached hydrogen (secondary N) is 2. The van der Waals surface area contributed by atoms with E-state index in [2.05, 4.69) is 15.6 Å². The SMILES string of the molecule is CC(C)(NC1CCC(NC(=O)c2cnc3ccccc3c2)CC1)C(F)(F)F. The van der Waals surface area contributed by atoms with Gasteiger partial charge in [0.05, 0.1) is 11.1 Å². The zero-order valence-electron chi connectivity index (χ0n) is 15.4. The Labute approximate surface area is 156 Å².